The third-order valence-corrected chi connectivity index (χ3v) is 3.48. The molecule has 1 heterocycles. The zero-order valence-electron chi connectivity index (χ0n) is 8.75. The van der Waals surface area contributed by atoms with E-state index >= 15 is 0 Å². The zero-order valence-corrected chi connectivity index (χ0v) is 9.57. The molecule has 1 aliphatic rings. The van der Waals surface area contributed by atoms with Crippen LogP contribution in [-0.4, -0.2) is 11.5 Å². The SMILES string of the molecule is CCCCNCc1scnc1C1CC1. The van der Waals surface area contributed by atoms with Gasteiger partial charge in [-0.15, -0.1) is 11.3 Å². The minimum absolute atomic E-state index is 0.796. The van der Waals surface area contributed by atoms with Crippen LogP contribution in [0.15, 0.2) is 5.51 Å². The van der Waals surface area contributed by atoms with Gasteiger partial charge in [0.05, 0.1) is 11.2 Å². The third-order valence-electron chi connectivity index (χ3n) is 2.63. The van der Waals surface area contributed by atoms with Gasteiger partial charge < -0.3 is 5.32 Å². The Morgan fingerprint density at radius 3 is 3.14 bits per heavy atom. The molecule has 1 fully saturated rings. The summed E-state index contributed by atoms with van der Waals surface area (Å²) < 4.78 is 0. The van der Waals surface area contributed by atoms with Crippen molar-refractivity contribution in [2.45, 2.75) is 45.1 Å². The van der Waals surface area contributed by atoms with Gasteiger partial charge in [0.15, 0.2) is 0 Å². The standard InChI is InChI=1S/C11H18N2S/c1-2-3-6-12-7-10-11(9-4-5-9)13-8-14-10/h8-9,12H,2-7H2,1H3. The Balaban J connectivity index is 1.80. The molecule has 1 saturated carbocycles. The van der Waals surface area contributed by atoms with E-state index < -0.39 is 0 Å². The molecule has 0 radical (unpaired) electrons. The summed E-state index contributed by atoms with van der Waals surface area (Å²) in [5.74, 6) is 0.796. The van der Waals surface area contributed by atoms with Gasteiger partial charge in [0.25, 0.3) is 0 Å². The Morgan fingerprint density at radius 1 is 1.57 bits per heavy atom. The van der Waals surface area contributed by atoms with Crippen LogP contribution in [0.5, 0.6) is 0 Å². The monoisotopic (exact) mass is 210 g/mol. The number of rotatable bonds is 6. The maximum atomic E-state index is 4.46. The summed E-state index contributed by atoms with van der Waals surface area (Å²) in [7, 11) is 0. The molecule has 0 unspecified atom stereocenters. The molecule has 0 bridgehead atoms. The second-order valence-electron chi connectivity index (χ2n) is 3.97. The van der Waals surface area contributed by atoms with E-state index in [9.17, 15) is 0 Å². The van der Waals surface area contributed by atoms with Crippen LogP contribution in [0, 0.1) is 0 Å². The average molecular weight is 210 g/mol. The van der Waals surface area contributed by atoms with Crippen LogP contribution >= 0.6 is 11.3 Å². The van der Waals surface area contributed by atoms with Gasteiger partial charge in [-0.1, -0.05) is 13.3 Å². The lowest BCUT2D eigenvalue weighted by molar-refractivity contribution is 0.642. The van der Waals surface area contributed by atoms with E-state index in [1.807, 2.05) is 5.51 Å². The molecule has 0 saturated heterocycles. The molecule has 1 aromatic rings. The first-order chi connectivity index (χ1) is 6.92. The minimum Gasteiger partial charge on any atom is -0.312 e. The predicted molar refractivity (Wildman–Crippen MR) is 60.7 cm³/mol. The number of aromatic nitrogens is 1. The van der Waals surface area contributed by atoms with E-state index in [2.05, 4.69) is 17.2 Å². The fourth-order valence-corrected chi connectivity index (χ4v) is 2.42. The van der Waals surface area contributed by atoms with Crippen molar-refractivity contribution in [3.8, 4) is 0 Å². The van der Waals surface area contributed by atoms with Crippen LogP contribution in [-0.2, 0) is 6.54 Å². The Morgan fingerprint density at radius 2 is 2.43 bits per heavy atom. The van der Waals surface area contributed by atoms with Crippen molar-refractivity contribution in [3.05, 3.63) is 16.1 Å². The van der Waals surface area contributed by atoms with Gasteiger partial charge in [-0.3, -0.25) is 0 Å². The van der Waals surface area contributed by atoms with Gasteiger partial charge in [-0.25, -0.2) is 4.98 Å². The van der Waals surface area contributed by atoms with Crippen molar-refractivity contribution < 1.29 is 0 Å². The Kier molecular flexibility index (Phi) is 3.54. The molecule has 1 N–H and O–H groups in total. The van der Waals surface area contributed by atoms with Crippen LogP contribution in [0.2, 0.25) is 0 Å². The summed E-state index contributed by atoms with van der Waals surface area (Å²) in [4.78, 5) is 5.92. The molecule has 0 spiro atoms. The zero-order chi connectivity index (χ0) is 9.80. The molecular weight excluding hydrogens is 192 g/mol. The fourth-order valence-electron chi connectivity index (χ4n) is 1.60. The fraction of sp³-hybridized carbons (Fsp3) is 0.727. The lowest BCUT2D eigenvalue weighted by Gasteiger charge is -2.03. The van der Waals surface area contributed by atoms with Crippen molar-refractivity contribution in [3.63, 3.8) is 0 Å². The number of hydrogen-bond donors (Lipinski definition) is 1. The van der Waals surface area contributed by atoms with Crippen LogP contribution < -0.4 is 5.32 Å². The van der Waals surface area contributed by atoms with Crippen molar-refractivity contribution >= 4 is 11.3 Å². The molecular formula is C11H18N2S. The highest BCUT2D eigenvalue weighted by molar-refractivity contribution is 7.09. The molecule has 78 valence electrons. The predicted octanol–water partition coefficient (Wildman–Crippen LogP) is 2.91. The lowest BCUT2D eigenvalue weighted by Crippen LogP contribution is -2.14. The van der Waals surface area contributed by atoms with Crippen LogP contribution in [0.4, 0.5) is 0 Å². The van der Waals surface area contributed by atoms with Gasteiger partial charge in [-0.05, 0) is 25.8 Å². The highest BCUT2D eigenvalue weighted by Crippen LogP contribution is 2.41. The Hall–Kier alpha value is -0.410. The van der Waals surface area contributed by atoms with Crippen LogP contribution in [0.1, 0.15) is 49.1 Å². The first-order valence-electron chi connectivity index (χ1n) is 5.54. The van der Waals surface area contributed by atoms with Gasteiger partial charge in [0, 0.05) is 17.3 Å². The number of thiazole rings is 1. The largest absolute Gasteiger partial charge is 0.312 e. The maximum absolute atomic E-state index is 4.46. The van der Waals surface area contributed by atoms with Crippen molar-refractivity contribution in [1.29, 1.82) is 0 Å². The molecule has 0 aromatic carbocycles. The molecule has 0 amide bonds. The Labute approximate surface area is 89.8 Å². The van der Waals surface area contributed by atoms with E-state index in [-0.39, 0.29) is 0 Å². The van der Waals surface area contributed by atoms with E-state index in [1.165, 1.54) is 36.3 Å². The molecule has 0 atom stereocenters. The molecule has 2 rings (SSSR count). The summed E-state index contributed by atoms with van der Waals surface area (Å²) in [5.41, 5.74) is 3.36. The third kappa shape index (κ3) is 2.55. The second kappa shape index (κ2) is 4.89. The molecule has 1 aromatic heterocycles. The Bertz CT molecular complexity index is 279. The average Bonchev–Trinajstić information content (AvgIpc) is 2.94. The van der Waals surface area contributed by atoms with Crippen molar-refractivity contribution in [1.82, 2.24) is 10.3 Å². The van der Waals surface area contributed by atoms with Crippen LogP contribution in [0.3, 0.4) is 0 Å². The number of nitrogens with zero attached hydrogens (tertiary/aromatic N) is 1. The van der Waals surface area contributed by atoms with Gasteiger partial charge in [0.1, 0.15) is 0 Å². The van der Waals surface area contributed by atoms with Gasteiger partial charge in [0.2, 0.25) is 0 Å². The topological polar surface area (TPSA) is 24.9 Å². The number of nitrogens with one attached hydrogen (secondary N) is 1. The highest BCUT2D eigenvalue weighted by Gasteiger charge is 2.27. The molecule has 2 nitrogen and oxygen atoms in total. The molecule has 0 aliphatic heterocycles. The summed E-state index contributed by atoms with van der Waals surface area (Å²) in [6, 6.07) is 0. The van der Waals surface area contributed by atoms with Crippen molar-refractivity contribution in [2.75, 3.05) is 6.54 Å². The van der Waals surface area contributed by atoms with Gasteiger partial charge >= 0.3 is 0 Å². The van der Waals surface area contributed by atoms with E-state index in [4.69, 9.17) is 0 Å². The normalized spacial score (nSPS) is 16.1. The molecule has 14 heavy (non-hydrogen) atoms. The quantitative estimate of drug-likeness (QED) is 0.730. The van der Waals surface area contributed by atoms with Crippen molar-refractivity contribution in [2.24, 2.45) is 0 Å². The minimum atomic E-state index is 0.796. The number of hydrogen-bond acceptors (Lipinski definition) is 3. The van der Waals surface area contributed by atoms with Crippen LogP contribution in [0.25, 0.3) is 0 Å². The van der Waals surface area contributed by atoms with E-state index in [0.717, 1.165) is 19.0 Å². The summed E-state index contributed by atoms with van der Waals surface area (Å²) in [6.07, 6.45) is 5.25. The summed E-state index contributed by atoms with van der Waals surface area (Å²) >= 11 is 1.80. The molecule has 1 aliphatic carbocycles. The van der Waals surface area contributed by atoms with E-state index in [0.29, 0.717) is 0 Å². The first-order valence-corrected chi connectivity index (χ1v) is 6.42. The first kappa shape index (κ1) is 10.1. The smallest absolute Gasteiger partial charge is 0.0798 e. The highest BCUT2D eigenvalue weighted by atomic mass is 32.1. The summed E-state index contributed by atoms with van der Waals surface area (Å²) in [6.45, 7) is 4.39. The van der Waals surface area contributed by atoms with E-state index in [1.54, 1.807) is 11.3 Å². The molecule has 3 heteroatoms. The number of unbranched alkanes of at least 4 members (excludes halogenated alkanes) is 1. The summed E-state index contributed by atoms with van der Waals surface area (Å²) in [5, 5.41) is 3.48. The maximum Gasteiger partial charge on any atom is 0.0798 e. The second-order valence-corrected chi connectivity index (χ2v) is 4.90. The van der Waals surface area contributed by atoms with Gasteiger partial charge in [-0.2, -0.15) is 0 Å². The lowest BCUT2D eigenvalue weighted by atomic mass is 10.2.